The Hall–Kier alpha value is -3.45. The molecule has 2 aliphatic rings. The Morgan fingerprint density at radius 3 is 2.26 bits per heavy atom. The highest BCUT2D eigenvalue weighted by Gasteiger charge is 2.27. The van der Waals surface area contributed by atoms with E-state index in [1.807, 2.05) is 36.4 Å². The molecule has 1 unspecified atom stereocenters. The quantitative estimate of drug-likeness (QED) is 0.542. The van der Waals surface area contributed by atoms with Crippen molar-refractivity contribution in [3.8, 4) is 0 Å². The number of aromatic amines is 1. The van der Waals surface area contributed by atoms with Crippen molar-refractivity contribution in [3.63, 3.8) is 0 Å². The van der Waals surface area contributed by atoms with Crippen molar-refractivity contribution in [3.05, 3.63) is 106 Å². The molecule has 1 atom stereocenters. The molecule has 174 valence electrons. The van der Waals surface area contributed by atoms with Crippen LogP contribution < -0.4 is 10.9 Å². The lowest BCUT2D eigenvalue weighted by atomic mass is 9.98. The maximum atomic E-state index is 12.9. The molecule has 5 rings (SSSR count). The molecular formula is C27H26N2O4S. The van der Waals surface area contributed by atoms with Crippen molar-refractivity contribution in [1.29, 1.82) is 0 Å². The number of sulfone groups is 1. The third-order valence-electron chi connectivity index (χ3n) is 6.37. The van der Waals surface area contributed by atoms with Crippen LogP contribution in [0.15, 0.2) is 82.5 Å². The SMILES string of the molecule is O=C1CCC(/C=C(/c2ccc(S(=O)(=O)Cc3ccccc3)cc2)c2ccc(C3CC3)c(=O)[nH]2)N1. The molecule has 0 radical (unpaired) electrons. The van der Waals surface area contributed by atoms with E-state index in [0.29, 0.717) is 24.5 Å². The van der Waals surface area contributed by atoms with Crippen molar-refractivity contribution in [2.75, 3.05) is 0 Å². The summed E-state index contributed by atoms with van der Waals surface area (Å²) in [5, 5.41) is 2.94. The van der Waals surface area contributed by atoms with E-state index in [4.69, 9.17) is 0 Å². The number of hydrogen-bond acceptors (Lipinski definition) is 4. The summed E-state index contributed by atoms with van der Waals surface area (Å²) in [5.41, 5.74) is 3.63. The fraction of sp³-hybridized carbons (Fsp3) is 0.259. The van der Waals surface area contributed by atoms with Crippen molar-refractivity contribution < 1.29 is 13.2 Å². The number of rotatable bonds is 7. The lowest BCUT2D eigenvalue weighted by Crippen LogP contribution is -2.23. The van der Waals surface area contributed by atoms with Gasteiger partial charge in [0, 0.05) is 29.3 Å². The van der Waals surface area contributed by atoms with E-state index in [1.165, 1.54) is 0 Å². The lowest BCUT2D eigenvalue weighted by Gasteiger charge is -2.13. The number of benzene rings is 2. The number of nitrogens with one attached hydrogen (secondary N) is 2. The topological polar surface area (TPSA) is 96.1 Å². The number of hydrogen-bond donors (Lipinski definition) is 2. The smallest absolute Gasteiger partial charge is 0.251 e. The van der Waals surface area contributed by atoms with Crippen LogP contribution in [0.4, 0.5) is 0 Å². The molecule has 0 spiro atoms. The van der Waals surface area contributed by atoms with Crippen LogP contribution in [0, 0.1) is 0 Å². The molecule has 3 aromatic rings. The van der Waals surface area contributed by atoms with Crippen molar-refractivity contribution in [2.24, 2.45) is 0 Å². The summed E-state index contributed by atoms with van der Waals surface area (Å²) in [5.74, 6) is 0.272. The molecule has 2 fully saturated rings. The van der Waals surface area contributed by atoms with Crippen LogP contribution in [0.1, 0.15) is 54.0 Å². The average Bonchev–Trinajstić information content (AvgIpc) is 3.58. The molecule has 7 heteroatoms. The van der Waals surface area contributed by atoms with Crippen LogP contribution in [0.3, 0.4) is 0 Å². The summed E-state index contributed by atoms with van der Waals surface area (Å²) < 4.78 is 25.8. The predicted octanol–water partition coefficient (Wildman–Crippen LogP) is 3.94. The Morgan fingerprint density at radius 2 is 1.65 bits per heavy atom. The van der Waals surface area contributed by atoms with Gasteiger partial charge in [-0.2, -0.15) is 0 Å². The molecule has 2 aromatic carbocycles. The summed E-state index contributed by atoms with van der Waals surface area (Å²) in [6.45, 7) is 0. The molecular weight excluding hydrogens is 448 g/mol. The predicted molar refractivity (Wildman–Crippen MR) is 131 cm³/mol. The minimum Gasteiger partial charge on any atom is -0.350 e. The van der Waals surface area contributed by atoms with Crippen LogP contribution >= 0.6 is 0 Å². The third-order valence-corrected chi connectivity index (χ3v) is 8.07. The van der Waals surface area contributed by atoms with Crippen molar-refractivity contribution >= 4 is 21.3 Å². The summed E-state index contributed by atoms with van der Waals surface area (Å²) in [4.78, 5) is 27.6. The van der Waals surface area contributed by atoms with Gasteiger partial charge in [-0.05, 0) is 54.5 Å². The van der Waals surface area contributed by atoms with E-state index in [1.54, 1.807) is 36.4 Å². The third kappa shape index (κ3) is 4.89. The highest BCUT2D eigenvalue weighted by molar-refractivity contribution is 7.90. The van der Waals surface area contributed by atoms with Gasteiger partial charge < -0.3 is 10.3 Å². The van der Waals surface area contributed by atoms with Crippen LogP contribution in [0.5, 0.6) is 0 Å². The standard InChI is InChI=1S/C27H26N2O4S/c30-26-15-10-21(28-26)16-24(25-14-13-23(19-6-7-19)27(31)29-25)20-8-11-22(12-9-20)34(32,33)17-18-4-2-1-3-5-18/h1-5,8-9,11-14,16,19,21H,6-7,10,15,17H2,(H,28,30)(H,29,31)/b24-16-. The van der Waals surface area contributed by atoms with Gasteiger partial charge in [-0.25, -0.2) is 8.42 Å². The highest BCUT2D eigenvalue weighted by Crippen LogP contribution is 2.38. The molecule has 34 heavy (non-hydrogen) atoms. The second kappa shape index (κ2) is 9.06. The number of amides is 1. The molecule has 1 aromatic heterocycles. The van der Waals surface area contributed by atoms with E-state index < -0.39 is 9.84 Å². The molecule has 1 aliphatic carbocycles. The number of carbonyl (C=O) groups excluding carboxylic acids is 1. The molecule has 1 amide bonds. The first-order valence-corrected chi connectivity index (χ1v) is 13.2. The van der Waals surface area contributed by atoms with E-state index in [9.17, 15) is 18.0 Å². The second-order valence-electron chi connectivity index (χ2n) is 8.99. The summed E-state index contributed by atoms with van der Waals surface area (Å²) >= 11 is 0. The Kier molecular flexibility index (Phi) is 5.96. The van der Waals surface area contributed by atoms with E-state index in [0.717, 1.165) is 35.1 Å². The summed E-state index contributed by atoms with van der Waals surface area (Å²) in [6.07, 6.45) is 5.16. The number of aromatic nitrogens is 1. The first kappa shape index (κ1) is 22.3. The number of carbonyl (C=O) groups is 1. The van der Waals surface area contributed by atoms with E-state index >= 15 is 0 Å². The van der Waals surface area contributed by atoms with Gasteiger partial charge in [0.05, 0.1) is 10.6 Å². The molecule has 1 aliphatic heterocycles. The van der Waals surface area contributed by atoms with E-state index in [-0.39, 0.29) is 28.2 Å². The molecule has 2 N–H and O–H groups in total. The fourth-order valence-electron chi connectivity index (χ4n) is 4.38. The Bertz CT molecular complexity index is 1400. The molecule has 1 saturated carbocycles. The summed E-state index contributed by atoms with van der Waals surface area (Å²) in [7, 11) is -3.50. The van der Waals surface area contributed by atoms with Gasteiger partial charge in [0.15, 0.2) is 9.84 Å². The van der Waals surface area contributed by atoms with Gasteiger partial charge in [-0.15, -0.1) is 0 Å². The zero-order chi connectivity index (χ0) is 23.7. The average molecular weight is 475 g/mol. The minimum atomic E-state index is -3.50. The Morgan fingerprint density at radius 1 is 0.912 bits per heavy atom. The van der Waals surface area contributed by atoms with Crippen LogP contribution in [-0.2, 0) is 20.4 Å². The fourth-order valence-corrected chi connectivity index (χ4v) is 5.73. The van der Waals surface area contributed by atoms with Crippen LogP contribution in [0.25, 0.3) is 5.57 Å². The second-order valence-corrected chi connectivity index (χ2v) is 11.0. The normalized spacial score (nSPS) is 18.6. The zero-order valence-corrected chi connectivity index (χ0v) is 19.5. The van der Waals surface area contributed by atoms with Crippen molar-refractivity contribution in [1.82, 2.24) is 10.3 Å². The monoisotopic (exact) mass is 474 g/mol. The van der Waals surface area contributed by atoms with Crippen LogP contribution in [0.2, 0.25) is 0 Å². The summed E-state index contributed by atoms with van der Waals surface area (Å²) in [6, 6.07) is 19.4. The van der Waals surface area contributed by atoms with Gasteiger partial charge in [-0.1, -0.05) is 54.6 Å². The van der Waals surface area contributed by atoms with Gasteiger partial charge >= 0.3 is 0 Å². The van der Waals surface area contributed by atoms with Gasteiger partial charge in [0.2, 0.25) is 5.91 Å². The van der Waals surface area contributed by atoms with Gasteiger partial charge in [0.25, 0.3) is 5.56 Å². The number of H-pyrrole nitrogens is 1. The highest BCUT2D eigenvalue weighted by atomic mass is 32.2. The van der Waals surface area contributed by atoms with Crippen LogP contribution in [-0.4, -0.2) is 25.4 Å². The maximum absolute atomic E-state index is 12.9. The first-order chi connectivity index (χ1) is 16.4. The van der Waals surface area contributed by atoms with E-state index in [2.05, 4.69) is 10.3 Å². The zero-order valence-electron chi connectivity index (χ0n) is 18.7. The maximum Gasteiger partial charge on any atom is 0.251 e. The van der Waals surface area contributed by atoms with Gasteiger partial charge in [0.1, 0.15) is 0 Å². The molecule has 2 heterocycles. The largest absolute Gasteiger partial charge is 0.350 e. The molecule has 6 nitrogen and oxygen atoms in total. The molecule has 1 saturated heterocycles. The molecule has 0 bridgehead atoms. The van der Waals surface area contributed by atoms with Gasteiger partial charge in [-0.3, -0.25) is 9.59 Å². The lowest BCUT2D eigenvalue weighted by molar-refractivity contribution is -0.119. The Balaban J connectivity index is 1.48. The van der Waals surface area contributed by atoms with Crippen molar-refractivity contribution in [2.45, 2.75) is 48.3 Å². The Labute approximate surface area is 198 Å². The minimum absolute atomic E-state index is 0.000489. The number of pyridine rings is 1. The first-order valence-electron chi connectivity index (χ1n) is 11.5.